The predicted molar refractivity (Wildman–Crippen MR) is 88.9 cm³/mol. The lowest BCUT2D eigenvalue weighted by Crippen LogP contribution is -2.15. The lowest BCUT2D eigenvalue weighted by Gasteiger charge is -2.09. The van der Waals surface area contributed by atoms with Crippen molar-refractivity contribution in [3.05, 3.63) is 59.2 Å². The van der Waals surface area contributed by atoms with Crippen LogP contribution in [0, 0.1) is 18.6 Å². The molecule has 6 heteroatoms. The molecule has 1 N–H and O–H groups in total. The number of carbonyl (C=O) groups is 1. The van der Waals surface area contributed by atoms with Crippen molar-refractivity contribution in [3.8, 4) is 5.75 Å². The summed E-state index contributed by atoms with van der Waals surface area (Å²) in [6, 6.07) is 8.94. The first-order chi connectivity index (χ1) is 11.0. The molecule has 0 aliphatic carbocycles. The van der Waals surface area contributed by atoms with Gasteiger partial charge >= 0.3 is 0 Å². The molecule has 0 aromatic heterocycles. The minimum atomic E-state index is -0.426. The van der Waals surface area contributed by atoms with Gasteiger partial charge in [-0.15, -0.1) is 11.8 Å². The first-order valence-corrected chi connectivity index (χ1v) is 8.11. The second-order valence-electron chi connectivity index (χ2n) is 4.97. The van der Waals surface area contributed by atoms with Crippen LogP contribution in [0.1, 0.15) is 11.1 Å². The Hall–Kier alpha value is -2.08. The maximum Gasteiger partial charge on any atom is 0.234 e. The summed E-state index contributed by atoms with van der Waals surface area (Å²) in [7, 11) is 1.41. The summed E-state index contributed by atoms with van der Waals surface area (Å²) in [5.74, 6) is -0.159. The Balaban J connectivity index is 1.85. The molecule has 2 aromatic carbocycles. The number of aryl methyl sites for hydroxylation is 1. The van der Waals surface area contributed by atoms with Gasteiger partial charge in [-0.25, -0.2) is 8.78 Å². The van der Waals surface area contributed by atoms with Crippen LogP contribution in [-0.2, 0) is 10.5 Å². The third-order valence-corrected chi connectivity index (χ3v) is 4.20. The lowest BCUT2D eigenvalue weighted by molar-refractivity contribution is -0.113. The van der Waals surface area contributed by atoms with Crippen LogP contribution < -0.4 is 10.1 Å². The molecule has 0 spiro atoms. The highest BCUT2D eigenvalue weighted by molar-refractivity contribution is 7.99. The molecule has 122 valence electrons. The predicted octanol–water partition coefficient (Wildman–Crippen LogP) is 4.15. The lowest BCUT2D eigenvalue weighted by atomic mass is 10.2. The third-order valence-electron chi connectivity index (χ3n) is 3.19. The number of ether oxygens (including phenoxy) is 1. The van der Waals surface area contributed by atoms with Crippen molar-refractivity contribution >= 4 is 23.4 Å². The number of hydrogen-bond acceptors (Lipinski definition) is 3. The summed E-state index contributed by atoms with van der Waals surface area (Å²) < 4.78 is 31.6. The molecule has 0 aliphatic heterocycles. The number of carbonyl (C=O) groups excluding carboxylic acids is 1. The zero-order valence-corrected chi connectivity index (χ0v) is 13.7. The van der Waals surface area contributed by atoms with Crippen LogP contribution in [0.5, 0.6) is 5.75 Å². The third kappa shape index (κ3) is 4.96. The molecule has 0 saturated carbocycles. The van der Waals surface area contributed by atoms with E-state index in [1.807, 2.05) is 0 Å². The van der Waals surface area contributed by atoms with Crippen LogP contribution in [0.3, 0.4) is 0 Å². The standard InChI is InChI=1S/C17H17F2NO2S/c1-11-3-5-13(18)8-15(11)20-17(21)10-23-9-12-4-6-16(22-2)14(19)7-12/h3-8H,9-10H2,1-2H3,(H,20,21). The molecule has 3 nitrogen and oxygen atoms in total. The number of nitrogens with one attached hydrogen (secondary N) is 1. The molecule has 0 saturated heterocycles. The normalized spacial score (nSPS) is 10.4. The zero-order valence-electron chi connectivity index (χ0n) is 12.9. The van der Waals surface area contributed by atoms with Gasteiger partial charge in [0.15, 0.2) is 11.6 Å². The molecule has 2 aromatic rings. The van der Waals surface area contributed by atoms with E-state index in [-0.39, 0.29) is 17.4 Å². The number of hydrogen-bond donors (Lipinski definition) is 1. The first kappa shape index (κ1) is 17.3. The van der Waals surface area contributed by atoms with Gasteiger partial charge in [-0.1, -0.05) is 12.1 Å². The van der Waals surface area contributed by atoms with E-state index in [1.54, 1.807) is 25.1 Å². The van der Waals surface area contributed by atoms with Gasteiger partial charge in [-0.05, 0) is 42.3 Å². The van der Waals surface area contributed by atoms with Gasteiger partial charge < -0.3 is 10.1 Å². The second-order valence-corrected chi connectivity index (χ2v) is 5.95. The average Bonchev–Trinajstić information content (AvgIpc) is 2.51. The van der Waals surface area contributed by atoms with Crippen LogP contribution in [0.4, 0.5) is 14.5 Å². The van der Waals surface area contributed by atoms with E-state index in [2.05, 4.69) is 5.32 Å². The van der Waals surface area contributed by atoms with E-state index in [0.717, 1.165) is 11.1 Å². The van der Waals surface area contributed by atoms with Crippen molar-refractivity contribution in [3.63, 3.8) is 0 Å². The summed E-state index contributed by atoms with van der Waals surface area (Å²) >= 11 is 1.35. The van der Waals surface area contributed by atoms with E-state index in [1.165, 1.54) is 37.1 Å². The van der Waals surface area contributed by atoms with Gasteiger partial charge in [0.05, 0.1) is 12.9 Å². The fraction of sp³-hybridized carbons (Fsp3) is 0.235. The number of rotatable bonds is 6. The minimum Gasteiger partial charge on any atom is -0.494 e. The van der Waals surface area contributed by atoms with Crippen LogP contribution >= 0.6 is 11.8 Å². The average molecular weight is 337 g/mol. The van der Waals surface area contributed by atoms with Gasteiger partial charge in [0, 0.05) is 11.4 Å². The molecule has 23 heavy (non-hydrogen) atoms. The fourth-order valence-corrected chi connectivity index (χ4v) is 2.75. The Morgan fingerprint density at radius 2 is 2.00 bits per heavy atom. The number of amides is 1. The van der Waals surface area contributed by atoms with E-state index in [0.29, 0.717) is 11.4 Å². The molecule has 0 heterocycles. The van der Waals surface area contributed by atoms with Crippen LogP contribution in [0.2, 0.25) is 0 Å². The number of halogens is 2. The van der Waals surface area contributed by atoms with Crippen molar-refractivity contribution in [1.29, 1.82) is 0 Å². The fourth-order valence-electron chi connectivity index (χ4n) is 1.98. The van der Waals surface area contributed by atoms with Crippen LogP contribution in [0.15, 0.2) is 36.4 Å². The van der Waals surface area contributed by atoms with Gasteiger partial charge in [0.2, 0.25) is 5.91 Å². The Morgan fingerprint density at radius 1 is 1.22 bits per heavy atom. The number of benzene rings is 2. The van der Waals surface area contributed by atoms with Crippen LogP contribution in [-0.4, -0.2) is 18.8 Å². The van der Waals surface area contributed by atoms with Gasteiger partial charge in [0.1, 0.15) is 5.82 Å². The maximum atomic E-state index is 13.6. The molecular weight excluding hydrogens is 320 g/mol. The topological polar surface area (TPSA) is 38.3 Å². The molecular formula is C17H17F2NO2S. The molecule has 2 rings (SSSR count). The minimum absolute atomic E-state index is 0.193. The highest BCUT2D eigenvalue weighted by Gasteiger charge is 2.08. The summed E-state index contributed by atoms with van der Waals surface area (Å²) in [5.41, 5.74) is 2.02. The molecule has 0 aliphatic rings. The Bertz CT molecular complexity index is 707. The number of methoxy groups -OCH3 is 1. The Morgan fingerprint density at radius 3 is 2.70 bits per heavy atom. The molecule has 0 atom stereocenters. The summed E-state index contributed by atoms with van der Waals surface area (Å²) in [4.78, 5) is 11.9. The van der Waals surface area contributed by atoms with E-state index in [9.17, 15) is 13.6 Å². The van der Waals surface area contributed by atoms with Crippen molar-refractivity contribution in [1.82, 2.24) is 0 Å². The molecule has 0 unspecified atom stereocenters. The SMILES string of the molecule is COc1ccc(CSCC(=O)Nc2cc(F)ccc2C)cc1F. The van der Waals surface area contributed by atoms with Crippen LogP contribution in [0.25, 0.3) is 0 Å². The zero-order chi connectivity index (χ0) is 16.8. The van der Waals surface area contributed by atoms with Gasteiger partial charge in [0.25, 0.3) is 0 Å². The van der Waals surface area contributed by atoms with Crippen molar-refractivity contribution in [2.75, 3.05) is 18.2 Å². The molecule has 1 amide bonds. The summed E-state index contributed by atoms with van der Waals surface area (Å²) in [6.45, 7) is 1.79. The molecule has 0 fully saturated rings. The number of thioether (sulfide) groups is 1. The van der Waals surface area contributed by atoms with Gasteiger partial charge in [-0.3, -0.25) is 4.79 Å². The van der Waals surface area contributed by atoms with Gasteiger partial charge in [-0.2, -0.15) is 0 Å². The highest BCUT2D eigenvalue weighted by Crippen LogP contribution is 2.21. The van der Waals surface area contributed by atoms with Crippen molar-refractivity contribution in [2.24, 2.45) is 0 Å². The first-order valence-electron chi connectivity index (χ1n) is 6.95. The number of anilines is 1. The second kappa shape index (κ2) is 7.97. The van der Waals surface area contributed by atoms with E-state index in [4.69, 9.17) is 4.74 Å². The maximum absolute atomic E-state index is 13.6. The molecule has 0 bridgehead atoms. The van der Waals surface area contributed by atoms with Crippen molar-refractivity contribution < 1.29 is 18.3 Å². The smallest absolute Gasteiger partial charge is 0.234 e. The monoisotopic (exact) mass is 337 g/mol. The quantitative estimate of drug-likeness (QED) is 0.860. The summed E-state index contributed by atoms with van der Waals surface area (Å²) in [5, 5.41) is 2.67. The summed E-state index contributed by atoms with van der Waals surface area (Å²) in [6.07, 6.45) is 0. The van der Waals surface area contributed by atoms with E-state index < -0.39 is 11.6 Å². The highest BCUT2D eigenvalue weighted by atomic mass is 32.2. The molecule has 0 radical (unpaired) electrons. The van der Waals surface area contributed by atoms with E-state index >= 15 is 0 Å². The Kier molecular flexibility index (Phi) is 5.98. The van der Waals surface area contributed by atoms with Crippen molar-refractivity contribution in [2.45, 2.75) is 12.7 Å². The Labute approximate surface area is 138 Å². The largest absolute Gasteiger partial charge is 0.494 e.